The molecule has 1 aromatic rings. The number of carbonyl (C=O) groups is 1. The number of carboxylic acid groups (broad SMARTS) is 1. The van der Waals surface area contributed by atoms with Gasteiger partial charge in [0.1, 0.15) is 13.7 Å². The maximum absolute atomic E-state index is 12.8. The van der Waals surface area contributed by atoms with Gasteiger partial charge in [0.05, 0.1) is 11.3 Å². The molecule has 12 heavy (non-hydrogen) atoms. The Bertz CT molecular complexity index is 340. The van der Waals surface area contributed by atoms with Gasteiger partial charge in [-0.15, -0.1) is 0 Å². The molecule has 0 aliphatic carbocycles. The highest BCUT2D eigenvalue weighted by Gasteiger charge is 2.11. The van der Waals surface area contributed by atoms with Gasteiger partial charge >= 0.3 is 5.97 Å². The van der Waals surface area contributed by atoms with E-state index in [-0.39, 0.29) is 11.3 Å². The fourth-order valence-electron chi connectivity index (χ4n) is 0.930. The highest BCUT2D eigenvalue weighted by molar-refractivity contribution is 6.32. The number of nitrogens with two attached hydrogens (primary N) is 1. The molecule has 0 fully saturated rings. The van der Waals surface area contributed by atoms with Crippen LogP contribution in [-0.4, -0.2) is 18.9 Å². The summed E-state index contributed by atoms with van der Waals surface area (Å²) in [6, 6.07) is 2.53. The van der Waals surface area contributed by atoms with E-state index >= 15 is 0 Å². The average Bonchev–Trinajstić information content (AvgIpc) is 1.96. The predicted octanol–water partition coefficient (Wildman–Crippen LogP) is -0.636. The largest absolute Gasteiger partial charge is 0.478 e. The van der Waals surface area contributed by atoms with Gasteiger partial charge in [-0.25, -0.2) is 9.18 Å². The van der Waals surface area contributed by atoms with Crippen LogP contribution in [0.2, 0.25) is 0 Å². The van der Waals surface area contributed by atoms with Crippen LogP contribution in [0.5, 0.6) is 0 Å². The lowest BCUT2D eigenvalue weighted by Gasteiger charge is -2.02. The van der Waals surface area contributed by atoms with Gasteiger partial charge in [-0.05, 0) is 6.07 Å². The van der Waals surface area contributed by atoms with Gasteiger partial charge in [0.2, 0.25) is 0 Å². The lowest BCUT2D eigenvalue weighted by Crippen LogP contribution is -2.12. The summed E-state index contributed by atoms with van der Waals surface area (Å²) in [4.78, 5) is 10.5. The average molecular weight is 167 g/mol. The monoisotopic (exact) mass is 167 g/mol. The molecule has 0 aromatic heterocycles. The van der Waals surface area contributed by atoms with Gasteiger partial charge in [-0.3, -0.25) is 0 Å². The Labute approximate surface area is 69.4 Å². The summed E-state index contributed by atoms with van der Waals surface area (Å²) < 4.78 is 12.8. The standard InChI is InChI=1S/C7H7BFNO2/c8-3-1-4(7(11)12)6(10)5(9)2-3/h1-2H,8,10H2,(H,11,12). The Hall–Kier alpha value is -1.52. The zero-order chi connectivity index (χ0) is 9.30. The normalized spacial score (nSPS) is 9.75. The summed E-state index contributed by atoms with van der Waals surface area (Å²) in [7, 11) is 1.61. The third-order valence-corrected chi connectivity index (χ3v) is 1.50. The van der Waals surface area contributed by atoms with Crippen LogP contribution in [0.4, 0.5) is 10.1 Å². The topological polar surface area (TPSA) is 63.3 Å². The maximum Gasteiger partial charge on any atom is 0.337 e. The van der Waals surface area contributed by atoms with E-state index in [0.717, 1.165) is 0 Å². The van der Waals surface area contributed by atoms with Crippen LogP contribution in [-0.2, 0) is 0 Å². The summed E-state index contributed by atoms with van der Waals surface area (Å²) in [5.41, 5.74) is 5.24. The summed E-state index contributed by atoms with van der Waals surface area (Å²) in [6.45, 7) is 0. The number of anilines is 1. The lowest BCUT2D eigenvalue weighted by atomic mass is 9.93. The quantitative estimate of drug-likeness (QED) is 0.432. The number of aromatic carboxylic acids is 1. The van der Waals surface area contributed by atoms with Crippen LogP contribution < -0.4 is 11.2 Å². The fraction of sp³-hybridized carbons (Fsp3) is 0. The smallest absolute Gasteiger partial charge is 0.337 e. The highest BCUT2D eigenvalue weighted by atomic mass is 19.1. The summed E-state index contributed by atoms with van der Waals surface area (Å²) in [5.74, 6) is -1.90. The van der Waals surface area contributed by atoms with Crippen molar-refractivity contribution in [3.63, 3.8) is 0 Å². The first-order valence-electron chi connectivity index (χ1n) is 3.31. The molecule has 0 atom stereocenters. The Morgan fingerprint density at radius 3 is 2.67 bits per heavy atom. The summed E-state index contributed by atoms with van der Waals surface area (Å²) in [5, 5.41) is 8.57. The Kier molecular flexibility index (Phi) is 2.04. The van der Waals surface area contributed by atoms with Crippen molar-refractivity contribution in [3.05, 3.63) is 23.5 Å². The molecule has 0 unspecified atom stereocenters. The number of halogens is 1. The molecule has 3 N–H and O–H groups in total. The first-order valence-corrected chi connectivity index (χ1v) is 3.31. The number of benzene rings is 1. The van der Waals surface area contributed by atoms with Crippen molar-refractivity contribution in [1.82, 2.24) is 0 Å². The van der Waals surface area contributed by atoms with Crippen LogP contribution in [0.15, 0.2) is 12.1 Å². The van der Waals surface area contributed by atoms with E-state index in [1.54, 1.807) is 7.85 Å². The first-order chi connectivity index (χ1) is 5.52. The molecule has 0 aliphatic rings. The van der Waals surface area contributed by atoms with Gasteiger partial charge in [-0.2, -0.15) is 0 Å². The molecule has 1 rings (SSSR count). The van der Waals surface area contributed by atoms with Crippen molar-refractivity contribution in [1.29, 1.82) is 0 Å². The molecule has 62 valence electrons. The summed E-state index contributed by atoms with van der Waals surface area (Å²) in [6.07, 6.45) is 0. The van der Waals surface area contributed by atoms with Crippen LogP contribution in [0.3, 0.4) is 0 Å². The number of hydrogen-bond donors (Lipinski definition) is 2. The predicted molar refractivity (Wildman–Crippen MR) is 45.9 cm³/mol. The Morgan fingerprint density at radius 1 is 1.58 bits per heavy atom. The SMILES string of the molecule is Bc1cc(F)c(N)c(C(=O)O)c1. The Balaban J connectivity index is 3.37. The van der Waals surface area contributed by atoms with Crippen molar-refractivity contribution in [3.8, 4) is 0 Å². The minimum atomic E-state index is -1.21. The van der Waals surface area contributed by atoms with E-state index in [9.17, 15) is 9.18 Å². The van der Waals surface area contributed by atoms with E-state index in [0.29, 0.717) is 5.46 Å². The number of rotatable bonds is 1. The fourth-order valence-corrected chi connectivity index (χ4v) is 0.930. The van der Waals surface area contributed by atoms with Crippen molar-refractivity contribution in [2.45, 2.75) is 0 Å². The number of nitrogen functional groups attached to an aromatic ring is 1. The highest BCUT2D eigenvalue weighted by Crippen LogP contribution is 2.13. The molecule has 3 nitrogen and oxygen atoms in total. The molecular weight excluding hydrogens is 160 g/mol. The molecule has 0 spiro atoms. The van der Waals surface area contributed by atoms with Gasteiger partial charge in [0.15, 0.2) is 0 Å². The van der Waals surface area contributed by atoms with E-state index < -0.39 is 11.8 Å². The zero-order valence-corrected chi connectivity index (χ0v) is 6.47. The molecule has 0 radical (unpaired) electrons. The molecule has 5 heteroatoms. The maximum atomic E-state index is 12.8. The van der Waals surface area contributed by atoms with Crippen molar-refractivity contribution in [2.75, 3.05) is 5.73 Å². The zero-order valence-electron chi connectivity index (χ0n) is 6.47. The number of carboxylic acids is 1. The van der Waals surface area contributed by atoms with Crippen LogP contribution in [0.25, 0.3) is 0 Å². The second-order valence-corrected chi connectivity index (χ2v) is 2.51. The van der Waals surface area contributed by atoms with Gasteiger partial charge in [0.25, 0.3) is 0 Å². The molecule has 0 amide bonds. The first kappa shape index (κ1) is 8.58. The molecule has 1 aromatic carbocycles. The molecule has 0 bridgehead atoms. The van der Waals surface area contributed by atoms with Crippen LogP contribution in [0, 0.1) is 5.82 Å². The van der Waals surface area contributed by atoms with E-state index in [2.05, 4.69) is 0 Å². The van der Waals surface area contributed by atoms with Gasteiger partial charge in [0, 0.05) is 0 Å². The molecule has 0 saturated carbocycles. The van der Waals surface area contributed by atoms with E-state index in [4.69, 9.17) is 10.8 Å². The van der Waals surface area contributed by atoms with Crippen LogP contribution in [0.1, 0.15) is 10.4 Å². The Morgan fingerprint density at radius 2 is 2.17 bits per heavy atom. The van der Waals surface area contributed by atoms with Gasteiger partial charge in [-0.1, -0.05) is 11.5 Å². The van der Waals surface area contributed by atoms with Gasteiger partial charge < -0.3 is 10.8 Å². The minimum absolute atomic E-state index is 0.187. The second kappa shape index (κ2) is 2.85. The summed E-state index contributed by atoms with van der Waals surface area (Å²) >= 11 is 0. The third kappa shape index (κ3) is 1.39. The van der Waals surface area contributed by atoms with Crippen molar-refractivity contribution >= 4 is 25.0 Å². The van der Waals surface area contributed by atoms with Crippen molar-refractivity contribution < 1.29 is 14.3 Å². The molecule has 0 heterocycles. The van der Waals surface area contributed by atoms with E-state index in [1.807, 2.05) is 0 Å². The second-order valence-electron chi connectivity index (χ2n) is 2.51. The lowest BCUT2D eigenvalue weighted by molar-refractivity contribution is 0.0697. The minimum Gasteiger partial charge on any atom is -0.478 e. The van der Waals surface area contributed by atoms with Crippen LogP contribution >= 0.6 is 0 Å². The van der Waals surface area contributed by atoms with Crippen molar-refractivity contribution in [2.24, 2.45) is 0 Å². The van der Waals surface area contributed by atoms with E-state index in [1.165, 1.54) is 12.1 Å². The molecule has 0 saturated heterocycles. The molecular formula is C7H7BFNO2. The number of hydrogen-bond acceptors (Lipinski definition) is 2. The molecule has 0 aliphatic heterocycles. The third-order valence-electron chi connectivity index (χ3n) is 1.50.